The van der Waals surface area contributed by atoms with Gasteiger partial charge < -0.3 is 10.4 Å². The van der Waals surface area contributed by atoms with Gasteiger partial charge in [-0.1, -0.05) is 42.5 Å². The Labute approximate surface area is 90.6 Å². The second-order valence-corrected chi connectivity index (χ2v) is 4.04. The third-order valence-corrected chi connectivity index (χ3v) is 2.88. The summed E-state index contributed by atoms with van der Waals surface area (Å²) in [5.41, 5.74) is 0.291. The van der Waals surface area contributed by atoms with Crippen LogP contribution in [0.15, 0.2) is 42.5 Å². The molecule has 0 saturated heterocycles. The fraction of sp³-hybridized carbons (Fsp3) is 0.385. The van der Waals surface area contributed by atoms with Gasteiger partial charge in [0.15, 0.2) is 0 Å². The zero-order valence-corrected chi connectivity index (χ0v) is 8.82. The Hall–Kier alpha value is -1.12. The molecule has 0 amide bonds. The molecule has 0 aliphatic carbocycles. The molecule has 0 saturated carbocycles. The summed E-state index contributed by atoms with van der Waals surface area (Å²) in [6, 6.07) is 9.91. The standard InChI is InChI=1S/C13H17NO/c15-13(12-7-3-1-4-8-12)9-5-2-6-10-14-11-13/h1-4,6-8,14-15H,5,9-11H2/b6-2-/t13-/m1/s1. The number of aliphatic hydroxyl groups is 1. The molecule has 0 radical (unpaired) electrons. The van der Waals surface area contributed by atoms with Crippen molar-refractivity contribution in [2.45, 2.75) is 18.4 Å². The first-order valence-electron chi connectivity index (χ1n) is 5.45. The van der Waals surface area contributed by atoms with Crippen LogP contribution in [0.2, 0.25) is 0 Å². The van der Waals surface area contributed by atoms with Crippen LogP contribution in [0.25, 0.3) is 0 Å². The molecule has 1 aromatic rings. The minimum Gasteiger partial charge on any atom is -0.384 e. The van der Waals surface area contributed by atoms with Crippen LogP contribution in [0.4, 0.5) is 0 Å². The zero-order chi connectivity index (χ0) is 10.6. The lowest BCUT2D eigenvalue weighted by Crippen LogP contribution is -2.39. The molecule has 1 heterocycles. The summed E-state index contributed by atoms with van der Waals surface area (Å²) >= 11 is 0. The Balaban J connectivity index is 2.20. The topological polar surface area (TPSA) is 32.3 Å². The van der Waals surface area contributed by atoms with Crippen LogP contribution in [0, 0.1) is 0 Å². The monoisotopic (exact) mass is 203 g/mol. The highest BCUT2D eigenvalue weighted by atomic mass is 16.3. The van der Waals surface area contributed by atoms with Gasteiger partial charge in [-0.2, -0.15) is 0 Å². The normalized spacial score (nSPS) is 29.1. The average molecular weight is 203 g/mol. The van der Waals surface area contributed by atoms with E-state index in [2.05, 4.69) is 17.5 Å². The van der Waals surface area contributed by atoms with Crippen molar-refractivity contribution in [1.82, 2.24) is 5.32 Å². The van der Waals surface area contributed by atoms with Crippen LogP contribution in [0.3, 0.4) is 0 Å². The highest BCUT2D eigenvalue weighted by molar-refractivity contribution is 5.23. The first kappa shape index (κ1) is 10.4. The Morgan fingerprint density at radius 3 is 2.73 bits per heavy atom. The Kier molecular flexibility index (Phi) is 3.19. The van der Waals surface area contributed by atoms with Crippen molar-refractivity contribution in [2.75, 3.05) is 13.1 Å². The summed E-state index contributed by atoms with van der Waals surface area (Å²) in [6.45, 7) is 1.47. The maximum absolute atomic E-state index is 10.6. The van der Waals surface area contributed by atoms with Gasteiger partial charge in [-0.3, -0.25) is 0 Å². The summed E-state index contributed by atoms with van der Waals surface area (Å²) in [4.78, 5) is 0. The molecular weight excluding hydrogens is 186 g/mol. The van der Waals surface area contributed by atoms with E-state index in [9.17, 15) is 5.11 Å². The van der Waals surface area contributed by atoms with Gasteiger partial charge in [-0.15, -0.1) is 0 Å². The summed E-state index contributed by atoms with van der Waals surface area (Å²) in [5.74, 6) is 0. The quantitative estimate of drug-likeness (QED) is 0.682. The van der Waals surface area contributed by atoms with Crippen molar-refractivity contribution < 1.29 is 5.11 Å². The molecule has 0 bridgehead atoms. The zero-order valence-electron chi connectivity index (χ0n) is 8.82. The van der Waals surface area contributed by atoms with Gasteiger partial charge in [0.05, 0.1) is 0 Å². The molecule has 2 N–H and O–H groups in total. The summed E-state index contributed by atoms with van der Waals surface area (Å²) in [5, 5.41) is 13.8. The predicted molar refractivity (Wildman–Crippen MR) is 61.6 cm³/mol. The predicted octanol–water partition coefficient (Wildman–Crippen LogP) is 1.81. The number of hydrogen-bond donors (Lipinski definition) is 2. The van der Waals surface area contributed by atoms with E-state index in [1.165, 1.54) is 0 Å². The van der Waals surface area contributed by atoms with Gasteiger partial charge in [0, 0.05) is 13.1 Å². The third-order valence-electron chi connectivity index (χ3n) is 2.88. The molecular formula is C13H17NO. The van der Waals surface area contributed by atoms with Crippen LogP contribution in [-0.4, -0.2) is 18.2 Å². The van der Waals surface area contributed by atoms with Crippen molar-refractivity contribution >= 4 is 0 Å². The molecule has 1 atom stereocenters. The second kappa shape index (κ2) is 4.60. The molecule has 2 nitrogen and oxygen atoms in total. The summed E-state index contributed by atoms with van der Waals surface area (Å²) < 4.78 is 0. The van der Waals surface area contributed by atoms with Gasteiger partial charge in [-0.25, -0.2) is 0 Å². The van der Waals surface area contributed by atoms with Crippen LogP contribution in [0.1, 0.15) is 18.4 Å². The number of nitrogens with one attached hydrogen (secondary N) is 1. The molecule has 1 aromatic carbocycles. The Bertz CT molecular complexity index is 334. The molecule has 2 rings (SSSR count). The van der Waals surface area contributed by atoms with Gasteiger partial charge >= 0.3 is 0 Å². The van der Waals surface area contributed by atoms with Crippen LogP contribution in [0.5, 0.6) is 0 Å². The number of allylic oxidation sites excluding steroid dienone is 1. The highest BCUT2D eigenvalue weighted by Gasteiger charge is 2.28. The number of benzene rings is 1. The van der Waals surface area contributed by atoms with Crippen molar-refractivity contribution in [3.05, 3.63) is 48.0 Å². The fourth-order valence-corrected chi connectivity index (χ4v) is 1.97. The molecule has 0 fully saturated rings. The lowest BCUT2D eigenvalue weighted by atomic mass is 9.88. The molecule has 1 aliphatic heterocycles. The van der Waals surface area contributed by atoms with E-state index in [-0.39, 0.29) is 0 Å². The van der Waals surface area contributed by atoms with E-state index >= 15 is 0 Å². The molecule has 0 unspecified atom stereocenters. The maximum atomic E-state index is 10.6. The first-order valence-corrected chi connectivity index (χ1v) is 5.45. The molecule has 0 spiro atoms. The van der Waals surface area contributed by atoms with Crippen LogP contribution in [-0.2, 0) is 5.60 Å². The number of β-amino-alcohol motifs (C(OH)–C–C–N with tert-alkyl or cyclic N) is 1. The molecule has 0 aromatic heterocycles. The smallest absolute Gasteiger partial charge is 0.102 e. The first-order chi connectivity index (χ1) is 7.31. The van der Waals surface area contributed by atoms with E-state index in [1.54, 1.807) is 0 Å². The van der Waals surface area contributed by atoms with Crippen LogP contribution >= 0.6 is 0 Å². The van der Waals surface area contributed by atoms with E-state index < -0.39 is 5.60 Å². The summed E-state index contributed by atoms with van der Waals surface area (Å²) in [6.07, 6.45) is 5.96. The number of rotatable bonds is 1. The molecule has 15 heavy (non-hydrogen) atoms. The van der Waals surface area contributed by atoms with Gasteiger partial charge in [0.2, 0.25) is 0 Å². The molecule has 80 valence electrons. The minimum absolute atomic E-state index is 0.626. The lowest BCUT2D eigenvalue weighted by Gasteiger charge is -2.29. The van der Waals surface area contributed by atoms with Gasteiger partial charge in [0.1, 0.15) is 5.60 Å². The molecule has 1 aliphatic rings. The van der Waals surface area contributed by atoms with E-state index in [4.69, 9.17) is 0 Å². The Morgan fingerprint density at radius 1 is 1.13 bits per heavy atom. The van der Waals surface area contributed by atoms with Gasteiger partial charge in [0.25, 0.3) is 0 Å². The number of hydrogen-bond acceptors (Lipinski definition) is 2. The van der Waals surface area contributed by atoms with Crippen molar-refractivity contribution in [3.8, 4) is 0 Å². The Morgan fingerprint density at radius 2 is 1.93 bits per heavy atom. The van der Waals surface area contributed by atoms with E-state index in [0.29, 0.717) is 6.54 Å². The van der Waals surface area contributed by atoms with Crippen molar-refractivity contribution in [2.24, 2.45) is 0 Å². The van der Waals surface area contributed by atoms with Crippen molar-refractivity contribution in [1.29, 1.82) is 0 Å². The fourth-order valence-electron chi connectivity index (χ4n) is 1.97. The second-order valence-electron chi connectivity index (χ2n) is 4.04. The lowest BCUT2D eigenvalue weighted by molar-refractivity contribution is 0.0287. The SMILES string of the molecule is O[C@]1(c2ccccc2)CC/C=C\CNC1. The maximum Gasteiger partial charge on any atom is 0.102 e. The highest BCUT2D eigenvalue weighted by Crippen LogP contribution is 2.26. The minimum atomic E-state index is -0.716. The van der Waals surface area contributed by atoms with E-state index in [1.807, 2.05) is 30.3 Å². The molecule has 2 heteroatoms. The summed E-state index contributed by atoms with van der Waals surface area (Å²) in [7, 11) is 0. The van der Waals surface area contributed by atoms with E-state index in [0.717, 1.165) is 24.9 Å². The van der Waals surface area contributed by atoms with Crippen molar-refractivity contribution in [3.63, 3.8) is 0 Å². The largest absolute Gasteiger partial charge is 0.384 e. The third kappa shape index (κ3) is 2.46. The van der Waals surface area contributed by atoms with Gasteiger partial charge in [-0.05, 0) is 18.4 Å². The average Bonchev–Trinajstić information content (AvgIpc) is 2.25. The van der Waals surface area contributed by atoms with Crippen LogP contribution < -0.4 is 5.32 Å².